The Hall–Kier alpha value is -5.83. The van der Waals surface area contributed by atoms with Crippen molar-refractivity contribution < 1.29 is 38.9 Å². The Morgan fingerprint density at radius 2 is 1.54 bits per heavy atom. The highest BCUT2D eigenvalue weighted by molar-refractivity contribution is 6.32. The molecule has 1 N–H and O–H groups in total. The summed E-state index contributed by atoms with van der Waals surface area (Å²) in [4.78, 5) is 83.3. The van der Waals surface area contributed by atoms with Crippen molar-refractivity contribution in [3.63, 3.8) is 0 Å². The highest BCUT2D eigenvalue weighted by Gasteiger charge is 2.67. The number of phenols is 1. The van der Waals surface area contributed by atoms with Crippen molar-refractivity contribution in [2.24, 2.45) is 29.1 Å². The molecule has 2 aliphatic carbocycles. The van der Waals surface area contributed by atoms with E-state index in [9.17, 15) is 44.5 Å². The predicted molar refractivity (Wildman–Crippen MR) is 187 cm³/mol. The number of hydrogen-bond donors (Lipinski definition) is 1. The molecule has 7 rings (SSSR count). The van der Waals surface area contributed by atoms with Gasteiger partial charge in [0.25, 0.3) is 0 Å². The largest absolute Gasteiger partial charge is 0.503 e. The average Bonchev–Trinajstić information content (AvgIpc) is 3.48. The van der Waals surface area contributed by atoms with E-state index in [1.54, 1.807) is 43.3 Å². The quantitative estimate of drug-likeness (QED) is 0.142. The minimum absolute atomic E-state index is 0.0174. The lowest BCUT2D eigenvalue weighted by Crippen LogP contribution is -2.48. The SMILES string of the molecule is COc1cc(C2C3=CCC4C(=O)N(c5cc([N+](=O)[O-])c(N(C)C)c([N+](=O)[O-])c5)C(=O)C4C3CC3C(=O)N(c4ccccc4)C(=O)C32C)cc(Cl)c1O. The van der Waals surface area contributed by atoms with Crippen LogP contribution in [0.15, 0.2) is 66.2 Å². The van der Waals surface area contributed by atoms with Gasteiger partial charge in [-0.05, 0) is 55.5 Å². The highest BCUT2D eigenvalue weighted by atomic mass is 35.5. The van der Waals surface area contributed by atoms with E-state index >= 15 is 0 Å². The van der Waals surface area contributed by atoms with Crippen molar-refractivity contribution in [2.75, 3.05) is 35.9 Å². The van der Waals surface area contributed by atoms with Crippen LogP contribution in [-0.2, 0) is 19.2 Å². The van der Waals surface area contributed by atoms with Crippen LogP contribution in [0.5, 0.6) is 11.5 Å². The number of nitrogens with zero attached hydrogens (tertiary/aromatic N) is 5. The Bertz CT molecular complexity index is 2120. The first-order chi connectivity index (χ1) is 24.6. The van der Waals surface area contributed by atoms with Gasteiger partial charge in [0.1, 0.15) is 0 Å². The molecule has 2 saturated heterocycles. The molecule has 3 aromatic carbocycles. The van der Waals surface area contributed by atoms with Gasteiger partial charge in [0.15, 0.2) is 17.2 Å². The van der Waals surface area contributed by atoms with Gasteiger partial charge in [-0.1, -0.05) is 41.4 Å². The van der Waals surface area contributed by atoms with Crippen molar-refractivity contribution >= 4 is 63.7 Å². The molecule has 268 valence electrons. The summed E-state index contributed by atoms with van der Waals surface area (Å²) in [6.45, 7) is 1.69. The Labute approximate surface area is 301 Å². The summed E-state index contributed by atoms with van der Waals surface area (Å²) in [5, 5.41) is 34.8. The normalized spacial score (nSPS) is 26.5. The molecule has 0 spiro atoms. The van der Waals surface area contributed by atoms with E-state index in [2.05, 4.69) is 0 Å². The van der Waals surface area contributed by atoms with Crippen LogP contribution < -0.4 is 19.4 Å². The molecular weight excluding hydrogens is 698 g/mol. The summed E-state index contributed by atoms with van der Waals surface area (Å²) < 4.78 is 5.40. The molecule has 15 nitrogen and oxygen atoms in total. The van der Waals surface area contributed by atoms with Crippen LogP contribution in [0.3, 0.4) is 0 Å². The molecule has 0 aromatic heterocycles. The number of anilines is 3. The Morgan fingerprint density at radius 1 is 0.904 bits per heavy atom. The van der Waals surface area contributed by atoms with Crippen LogP contribution in [0.2, 0.25) is 5.02 Å². The highest BCUT2D eigenvalue weighted by Crippen LogP contribution is 2.64. The number of fused-ring (bicyclic) bond motifs is 4. The Kier molecular flexibility index (Phi) is 8.09. The van der Waals surface area contributed by atoms with E-state index in [-0.39, 0.29) is 40.7 Å². The van der Waals surface area contributed by atoms with Gasteiger partial charge in [-0.2, -0.15) is 0 Å². The maximum Gasteiger partial charge on any atom is 0.301 e. The molecule has 4 amide bonds. The van der Waals surface area contributed by atoms with Gasteiger partial charge in [0, 0.05) is 32.1 Å². The molecule has 16 heteroatoms. The zero-order chi connectivity index (χ0) is 37.5. The standard InChI is InChI=1S/C36H32ClN5O10/c1-36-23(33(45)40(35(36)47)18-8-6-5-7-9-18)16-22-20(29(36)17-12-24(37)31(43)27(13-17)52-4)10-11-21-28(22)34(46)39(32(21)44)19-14-25(41(48)49)30(38(2)3)26(15-19)42(50)51/h5-10,12-15,21-23,28-29,43H,11,16H2,1-4H3. The zero-order valence-electron chi connectivity index (χ0n) is 28.3. The van der Waals surface area contributed by atoms with Gasteiger partial charge in [-0.25, -0.2) is 9.80 Å². The molecule has 52 heavy (non-hydrogen) atoms. The molecule has 0 radical (unpaired) electrons. The number of carbonyl (C=O) groups excluding carboxylic acids is 4. The molecule has 1 saturated carbocycles. The van der Waals surface area contributed by atoms with E-state index in [0.717, 1.165) is 21.9 Å². The second kappa shape index (κ2) is 12.1. The first-order valence-electron chi connectivity index (χ1n) is 16.3. The smallest absolute Gasteiger partial charge is 0.301 e. The fourth-order valence-electron chi connectivity index (χ4n) is 8.84. The summed E-state index contributed by atoms with van der Waals surface area (Å²) in [6, 6.07) is 13.4. The molecule has 0 bridgehead atoms. The van der Waals surface area contributed by atoms with Gasteiger partial charge in [-0.3, -0.25) is 39.4 Å². The summed E-state index contributed by atoms with van der Waals surface area (Å²) >= 11 is 6.47. The third-order valence-corrected chi connectivity index (χ3v) is 11.3. The third kappa shape index (κ3) is 4.78. The van der Waals surface area contributed by atoms with Crippen LogP contribution in [0.4, 0.5) is 28.4 Å². The van der Waals surface area contributed by atoms with Crippen molar-refractivity contribution in [1.82, 2.24) is 0 Å². The zero-order valence-corrected chi connectivity index (χ0v) is 29.1. The number of aromatic hydroxyl groups is 1. The van der Waals surface area contributed by atoms with Crippen molar-refractivity contribution in [2.45, 2.75) is 25.7 Å². The summed E-state index contributed by atoms with van der Waals surface area (Å²) in [7, 11) is 4.15. The predicted octanol–water partition coefficient (Wildman–Crippen LogP) is 5.37. The topological polar surface area (TPSA) is 194 Å². The number of ether oxygens (including phenoxy) is 1. The number of methoxy groups -OCH3 is 1. The van der Waals surface area contributed by atoms with E-state index in [1.165, 1.54) is 38.2 Å². The number of carbonyl (C=O) groups is 4. The van der Waals surface area contributed by atoms with Gasteiger partial charge in [-0.15, -0.1) is 0 Å². The van der Waals surface area contributed by atoms with Crippen LogP contribution >= 0.6 is 11.6 Å². The number of halogens is 1. The van der Waals surface area contributed by atoms with E-state index in [1.807, 2.05) is 0 Å². The molecule has 6 unspecified atom stereocenters. The van der Waals surface area contributed by atoms with E-state index in [4.69, 9.17) is 16.3 Å². The minimum atomic E-state index is -1.40. The maximum atomic E-state index is 14.6. The van der Waals surface area contributed by atoms with Gasteiger partial charge in [0.05, 0.1) is 56.5 Å². The van der Waals surface area contributed by atoms with Crippen molar-refractivity contribution in [3.8, 4) is 11.5 Å². The molecule has 3 aromatic rings. The van der Waals surface area contributed by atoms with Gasteiger partial charge in [0.2, 0.25) is 23.6 Å². The summed E-state index contributed by atoms with van der Waals surface area (Å²) in [5.74, 6) is -7.29. The summed E-state index contributed by atoms with van der Waals surface area (Å²) in [6.07, 6.45) is 1.86. The van der Waals surface area contributed by atoms with Crippen molar-refractivity contribution in [3.05, 3.63) is 97.1 Å². The third-order valence-electron chi connectivity index (χ3n) is 11.0. The number of hydrogen-bond acceptors (Lipinski definition) is 11. The molecule has 3 fully saturated rings. The minimum Gasteiger partial charge on any atom is -0.503 e. The van der Waals surface area contributed by atoms with Gasteiger partial charge >= 0.3 is 11.4 Å². The van der Waals surface area contributed by atoms with Gasteiger partial charge < -0.3 is 14.7 Å². The fourth-order valence-corrected chi connectivity index (χ4v) is 9.06. The first-order valence-corrected chi connectivity index (χ1v) is 16.7. The number of phenolic OH excluding ortho intramolecular Hbond substituents is 1. The van der Waals surface area contributed by atoms with Crippen LogP contribution in [-0.4, -0.2) is 59.8 Å². The number of nitro groups is 2. The van der Waals surface area contributed by atoms with Crippen LogP contribution in [0, 0.1) is 49.3 Å². The second-order valence-electron chi connectivity index (χ2n) is 13.8. The number of imide groups is 2. The summed E-state index contributed by atoms with van der Waals surface area (Å²) in [5.41, 5.74) is -1.92. The van der Waals surface area contributed by atoms with Crippen LogP contribution in [0.25, 0.3) is 0 Å². The second-order valence-corrected chi connectivity index (χ2v) is 14.2. The lowest BCUT2D eigenvalue weighted by Gasteiger charge is -2.49. The lowest BCUT2D eigenvalue weighted by atomic mass is 9.51. The number of nitro benzene ring substituents is 2. The lowest BCUT2D eigenvalue weighted by molar-refractivity contribution is -0.392. The Morgan fingerprint density at radius 3 is 2.12 bits per heavy atom. The number of allylic oxidation sites excluding steroid dienone is 2. The number of amides is 4. The van der Waals surface area contributed by atoms with E-state index < -0.39 is 79.9 Å². The number of benzene rings is 3. The molecule has 6 atom stereocenters. The van der Waals surface area contributed by atoms with Crippen LogP contribution in [0.1, 0.15) is 31.2 Å². The average molecular weight is 730 g/mol. The fraction of sp³-hybridized carbons (Fsp3) is 0.333. The first kappa shape index (κ1) is 34.6. The molecule has 4 aliphatic rings. The number of para-hydroxylation sites is 1. The van der Waals surface area contributed by atoms with E-state index in [0.29, 0.717) is 16.8 Å². The monoisotopic (exact) mass is 729 g/mol. The number of rotatable bonds is 7. The molecule has 2 heterocycles. The maximum absolute atomic E-state index is 14.6. The molecule has 2 aliphatic heterocycles. The Balaban J connectivity index is 1.38. The molecular formula is C36H32ClN5O10. The van der Waals surface area contributed by atoms with Crippen molar-refractivity contribution in [1.29, 1.82) is 0 Å².